The van der Waals surface area contributed by atoms with Crippen molar-refractivity contribution in [2.24, 2.45) is 5.73 Å². The number of nitrogens with two attached hydrogens (primary N) is 1. The number of aromatic nitrogens is 1. The molecule has 0 aromatic carbocycles. The lowest BCUT2D eigenvalue weighted by Crippen LogP contribution is -2.26. The van der Waals surface area contributed by atoms with Crippen LogP contribution in [0.4, 0.5) is 0 Å². The molecule has 1 atom stereocenters. The molecule has 3 nitrogen and oxygen atoms in total. The van der Waals surface area contributed by atoms with Crippen LogP contribution < -0.4 is 5.73 Å². The van der Waals surface area contributed by atoms with Gasteiger partial charge in [0, 0.05) is 0 Å². The van der Waals surface area contributed by atoms with E-state index in [1.54, 1.807) is 13.1 Å². The number of carbonyl (C=O) groups is 1. The maximum Gasteiger partial charge on any atom is 0.207 e. The van der Waals surface area contributed by atoms with Crippen LogP contribution in [0.15, 0.2) is 9.98 Å². The van der Waals surface area contributed by atoms with E-state index in [0.717, 1.165) is 3.79 Å². The van der Waals surface area contributed by atoms with E-state index < -0.39 is 6.04 Å². The zero-order chi connectivity index (χ0) is 8.43. The first-order valence-electron chi connectivity index (χ1n) is 3.02. The summed E-state index contributed by atoms with van der Waals surface area (Å²) in [5.41, 5.74) is 5.38. The van der Waals surface area contributed by atoms with Crippen LogP contribution >= 0.6 is 27.3 Å². The fraction of sp³-hybridized carbons (Fsp3) is 0.333. The molecule has 0 bridgehead atoms. The maximum absolute atomic E-state index is 11.2. The topological polar surface area (TPSA) is 56.0 Å². The van der Waals surface area contributed by atoms with E-state index in [-0.39, 0.29) is 5.78 Å². The van der Waals surface area contributed by atoms with Gasteiger partial charge in [-0.25, -0.2) is 4.98 Å². The number of carbonyl (C=O) groups excluding carboxylic acids is 1. The highest BCUT2D eigenvalue weighted by Crippen LogP contribution is 2.19. The Morgan fingerprint density at radius 2 is 2.55 bits per heavy atom. The zero-order valence-electron chi connectivity index (χ0n) is 5.87. The molecule has 0 aliphatic heterocycles. The summed E-state index contributed by atoms with van der Waals surface area (Å²) in [6.07, 6.45) is 1.60. The minimum absolute atomic E-state index is 0.110. The lowest BCUT2D eigenvalue weighted by molar-refractivity contribution is 0.0967. The van der Waals surface area contributed by atoms with Gasteiger partial charge in [-0.2, -0.15) is 0 Å². The number of hydrogen-bond donors (Lipinski definition) is 1. The minimum Gasteiger partial charge on any atom is -0.321 e. The molecule has 60 valence electrons. The van der Waals surface area contributed by atoms with Crippen molar-refractivity contribution in [3.63, 3.8) is 0 Å². The van der Waals surface area contributed by atoms with Crippen molar-refractivity contribution in [2.45, 2.75) is 13.0 Å². The normalized spacial score (nSPS) is 13.0. The summed E-state index contributed by atoms with van der Waals surface area (Å²) < 4.78 is 0.849. The largest absolute Gasteiger partial charge is 0.321 e. The summed E-state index contributed by atoms with van der Waals surface area (Å²) >= 11 is 4.51. The van der Waals surface area contributed by atoms with Crippen molar-refractivity contribution >= 4 is 33.0 Å². The molecule has 1 aromatic heterocycles. The van der Waals surface area contributed by atoms with Crippen molar-refractivity contribution in [2.75, 3.05) is 0 Å². The van der Waals surface area contributed by atoms with E-state index in [2.05, 4.69) is 20.9 Å². The Bertz CT molecular complexity index is 271. The van der Waals surface area contributed by atoms with Crippen LogP contribution in [0.2, 0.25) is 0 Å². The molecule has 1 aromatic rings. The lowest BCUT2D eigenvalue weighted by atomic mass is 10.2. The van der Waals surface area contributed by atoms with Gasteiger partial charge in [0.05, 0.1) is 16.0 Å². The molecule has 0 spiro atoms. The van der Waals surface area contributed by atoms with Crippen LogP contribution in [0.5, 0.6) is 0 Å². The Morgan fingerprint density at radius 3 is 2.91 bits per heavy atom. The average Bonchev–Trinajstić information content (AvgIpc) is 2.34. The van der Waals surface area contributed by atoms with Gasteiger partial charge in [0.1, 0.15) is 0 Å². The number of Topliss-reactive ketones (excluding diaryl/α,β-unsaturated/α-hetero) is 1. The first-order chi connectivity index (χ1) is 5.11. The van der Waals surface area contributed by atoms with Crippen molar-refractivity contribution < 1.29 is 4.79 Å². The summed E-state index contributed by atoms with van der Waals surface area (Å²) in [6.45, 7) is 1.65. The summed E-state index contributed by atoms with van der Waals surface area (Å²) in [5.74, 6) is -0.110. The molecule has 5 heteroatoms. The Morgan fingerprint density at radius 1 is 1.91 bits per heavy atom. The molecule has 0 aliphatic rings. The van der Waals surface area contributed by atoms with Crippen molar-refractivity contribution in [3.05, 3.63) is 15.0 Å². The molecule has 2 N–H and O–H groups in total. The van der Waals surface area contributed by atoms with Crippen LogP contribution in [-0.2, 0) is 0 Å². The van der Waals surface area contributed by atoms with Crippen molar-refractivity contribution in [3.8, 4) is 0 Å². The van der Waals surface area contributed by atoms with E-state index in [1.165, 1.54) is 11.3 Å². The van der Waals surface area contributed by atoms with Gasteiger partial charge in [0.25, 0.3) is 0 Å². The Balaban J connectivity index is 2.85. The van der Waals surface area contributed by atoms with E-state index in [0.29, 0.717) is 5.01 Å². The number of ketones is 1. The average molecular weight is 235 g/mol. The first kappa shape index (κ1) is 8.83. The number of rotatable bonds is 2. The molecular weight excluding hydrogens is 228 g/mol. The van der Waals surface area contributed by atoms with Gasteiger partial charge in [-0.15, -0.1) is 11.3 Å². The summed E-state index contributed by atoms with van der Waals surface area (Å²) in [6, 6.07) is -0.465. The minimum atomic E-state index is -0.465. The van der Waals surface area contributed by atoms with Crippen molar-refractivity contribution in [1.82, 2.24) is 4.98 Å². The second kappa shape index (κ2) is 3.42. The predicted molar refractivity (Wildman–Crippen MR) is 47.8 cm³/mol. The van der Waals surface area contributed by atoms with Gasteiger partial charge >= 0.3 is 0 Å². The van der Waals surface area contributed by atoms with E-state index >= 15 is 0 Å². The highest BCUT2D eigenvalue weighted by Gasteiger charge is 2.13. The third-order valence-electron chi connectivity index (χ3n) is 1.10. The van der Waals surface area contributed by atoms with Crippen LogP contribution in [-0.4, -0.2) is 16.8 Å². The van der Waals surface area contributed by atoms with Gasteiger partial charge in [0.15, 0.2) is 5.01 Å². The summed E-state index contributed by atoms with van der Waals surface area (Å²) in [4.78, 5) is 15.0. The van der Waals surface area contributed by atoms with Gasteiger partial charge in [-0.05, 0) is 22.9 Å². The number of nitrogens with zero attached hydrogens (tertiary/aromatic N) is 1. The third kappa shape index (κ3) is 2.08. The lowest BCUT2D eigenvalue weighted by Gasteiger charge is -1.97. The second-order valence-electron chi connectivity index (χ2n) is 2.12. The van der Waals surface area contributed by atoms with Crippen molar-refractivity contribution in [1.29, 1.82) is 0 Å². The van der Waals surface area contributed by atoms with Crippen LogP contribution in [0, 0.1) is 0 Å². The highest BCUT2D eigenvalue weighted by atomic mass is 79.9. The highest BCUT2D eigenvalue weighted by molar-refractivity contribution is 9.11. The van der Waals surface area contributed by atoms with Gasteiger partial charge in [-0.1, -0.05) is 0 Å². The summed E-state index contributed by atoms with van der Waals surface area (Å²) in [7, 11) is 0. The molecule has 1 unspecified atom stereocenters. The molecule has 0 fully saturated rings. The zero-order valence-corrected chi connectivity index (χ0v) is 8.28. The van der Waals surface area contributed by atoms with Crippen LogP contribution in [0.25, 0.3) is 0 Å². The number of halogens is 1. The fourth-order valence-corrected chi connectivity index (χ4v) is 1.81. The Hall–Kier alpha value is -0.260. The smallest absolute Gasteiger partial charge is 0.207 e. The quantitative estimate of drug-likeness (QED) is 0.789. The Kier molecular flexibility index (Phi) is 2.75. The van der Waals surface area contributed by atoms with Crippen LogP contribution in [0.3, 0.4) is 0 Å². The molecule has 11 heavy (non-hydrogen) atoms. The molecule has 0 saturated carbocycles. The molecule has 1 heterocycles. The third-order valence-corrected chi connectivity index (χ3v) is 2.59. The van der Waals surface area contributed by atoms with Crippen LogP contribution in [0.1, 0.15) is 16.7 Å². The predicted octanol–water partition coefficient (Wildman–Crippen LogP) is 1.44. The standard InChI is InChI=1S/C6H7BrN2OS/c1-3(8)5(10)6-9-2-4(7)11-6/h2-3H,8H2,1H3. The van der Waals surface area contributed by atoms with Gasteiger partial charge < -0.3 is 5.73 Å². The SMILES string of the molecule is CC(N)C(=O)c1ncc(Br)s1. The molecular formula is C6H7BrN2OS. The van der Waals surface area contributed by atoms with Gasteiger partial charge in [0.2, 0.25) is 5.78 Å². The van der Waals surface area contributed by atoms with E-state index in [4.69, 9.17) is 5.73 Å². The van der Waals surface area contributed by atoms with E-state index in [9.17, 15) is 4.79 Å². The molecule has 0 saturated heterocycles. The number of thiazole rings is 1. The molecule has 0 radical (unpaired) electrons. The first-order valence-corrected chi connectivity index (χ1v) is 4.63. The monoisotopic (exact) mass is 234 g/mol. The molecule has 1 rings (SSSR count). The number of hydrogen-bond acceptors (Lipinski definition) is 4. The molecule has 0 amide bonds. The molecule has 0 aliphatic carbocycles. The fourth-order valence-electron chi connectivity index (χ4n) is 0.563. The Labute approximate surface area is 76.8 Å². The van der Waals surface area contributed by atoms with E-state index in [1.807, 2.05) is 0 Å². The maximum atomic E-state index is 11.2. The second-order valence-corrected chi connectivity index (χ2v) is 4.53. The summed E-state index contributed by atoms with van der Waals surface area (Å²) in [5, 5.41) is 0.465. The van der Waals surface area contributed by atoms with Gasteiger partial charge in [-0.3, -0.25) is 4.79 Å².